The van der Waals surface area contributed by atoms with Crippen molar-refractivity contribution in [1.29, 1.82) is 0 Å². The quantitative estimate of drug-likeness (QED) is 0.155. The van der Waals surface area contributed by atoms with E-state index in [4.69, 9.17) is 14.2 Å². The van der Waals surface area contributed by atoms with E-state index in [1.165, 1.54) is 31.8 Å². The number of hydrazone groups is 1. The largest absolute Gasteiger partial charge is 0.497 e. The maximum absolute atomic E-state index is 12.5. The molecule has 0 unspecified atom stereocenters. The first kappa shape index (κ1) is 26.6. The van der Waals surface area contributed by atoms with Gasteiger partial charge in [-0.25, -0.2) is 15.0 Å². The van der Waals surface area contributed by atoms with Crippen molar-refractivity contribution in [3.8, 4) is 11.5 Å². The maximum Gasteiger partial charge on any atom is 0.343 e. The molecule has 0 aliphatic heterocycles. The van der Waals surface area contributed by atoms with Crippen molar-refractivity contribution in [2.45, 2.75) is 25.7 Å². The van der Waals surface area contributed by atoms with Crippen LogP contribution in [-0.4, -0.2) is 44.2 Å². The van der Waals surface area contributed by atoms with E-state index >= 15 is 0 Å². The molecular weight excluding hydrogens is 510 g/mol. The van der Waals surface area contributed by atoms with Crippen LogP contribution in [0.4, 0.5) is 5.00 Å². The summed E-state index contributed by atoms with van der Waals surface area (Å²) in [5.74, 6) is -2.30. The molecule has 0 fully saturated rings. The molecular formula is C27H25N3O7S. The van der Waals surface area contributed by atoms with Gasteiger partial charge in [-0.15, -0.1) is 11.3 Å². The number of ether oxygens (including phenoxy) is 3. The van der Waals surface area contributed by atoms with E-state index in [0.29, 0.717) is 27.4 Å². The molecule has 38 heavy (non-hydrogen) atoms. The molecule has 4 rings (SSSR count). The van der Waals surface area contributed by atoms with Crippen LogP contribution in [0.1, 0.15) is 49.6 Å². The highest BCUT2D eigenvalue weighted by atomic mass is 32.1. The third-order valence-corrected chi connectivity index (χ3v) is 6.96. The van der Waals surface area contributed by atoms with Gasteiger partial charge in [0.2, 0.25) is 0 Å². The summed E-state index contributed by atoms with van der Waals surface area (Å²) in [6.45, 7) is 0. The van der Waals surface area contributed by atoms with Crippen molar-refractivity contribution >= 4 is 46.3 Å². The van der Waals surface area contributed by atoms with E-state index in [1.807, 2.05) is 0 Å². The summed E-state index contributed by atoms with van der Waals surface area (Å²) >= 11 is 1.28. The van der Waals surface area contributed by atoms with Crippen LogP contribution < -0.4 is 20.2 Å². The molecule has 0 spiro atoms. The zero-order valence-electron chi connectivity index (χ0n) is 20.7. The molecule has 0 saturated heterocycles. The molecule has 0 bridgehead atoms. The topological polar surface area (TPSA) is 132 Å². The number of esters is 2. The normalized spacial score (nSPS) is 12.4. The Hall–Kier alpha value is -4.51. The highest BCUT2D eigenvalue weighted by Gasteiger charge is 2.28. The summed E-state index contributed by atoms with van der Waals surface area (Å²) in [6.07, 6.45) is 4.77. The number of hydrogen-bond acceptors (Lipinski definition) is 9. The van der Waals surface area contributed by atoms with Gasteiger partial charge in [-0.3, -0.25) is 9.59 Å². The van der Waals surface area contributed by atoms with Crippen LogP contribution in [-0.2, 0) is 27.2 Å². The first-order chi connectivity index (χ1) is 18.4. The molecule has 2 amide bonds. The number of methoxy groups -OCH3 is 2. The number of nitrogens with one attached hydrogen (secondary N) is 2. The Morgan fingerprint density at radius 2 is 1.68 bits per heavy atom. The van der Waals surface area contributed by atoms with Gasteiger partial charge in [0.15, 0.2) is 0 Å². The van der Waals surface area contributed by atoms with Crippen LogP contribution in [0.15, 0.2) is 53.6 Å². The number of thiophene rings is 1. The standard InChI is InChI=1S/C27H25N3O7S/c1-35-18-9-6-8-17(14-18)26(33)37-19-10-5-7-16(13-19)15-28-30-24(32)23(31)29-25-22(27(34)36-2)20-11-3-4-12-21(20)38-25/h5-10,13-15H,3-4,11-12H2,1-2H3,(H,29,31)(H,30,32)/b28-15+. The first-order valence-corrected chi connectivity index (χ1v) is 12.5. The summed E-state index contributed by atoms with van der Waals surface area (Å²) in [4.78, 5) is 50.6. The van der Waals surface area contributed by atoms with Crippen molar-refractivity contribution in [1.82, 2.24) is 5.43 Å². The SMILES string of the molecule is COC(=O)c1c(NC(=O)C(=O)N/N=C/c2cccc(OC(=O)c3cccc(OC)c3)c2)sc2c1CCCC2. The second kappa shape index (κ2) is 12.2. The van der Waals surface area contributed by atoms with Gasteiger partial charge in [-0.2, -0.15) is 5.10 Å². The van der Waals surface area contributed by atoms with Crippen molar-refractivity contribution in [3.63, 3.8) is 0 Å². The van der Waals surface area contributed by atoms with Gasteiger partial charge in [0.05, 0.1) is 31.6 Å². The zero-order chi connectivity index (χ0) is 27.1. The van der Waals surface area contributed by atoms with E-state index in [2.05, 4.69) is 15.8 Å². The monoisotopic (exact) mass is 535 g/mol. The number of nitrogens with zero attached hydrogens (tertiary/aromatic N) is 1. The molecule has 196 valence electrons. The predicted octanol–water partition coefficient (Wildman–Crippen LogP) is 3.73. The third-order valence-electron chi connectivity index (χ3n) is 5.75. The fourth-order valence-electron chi connectivity index (χ4n) is 3.92. The number of fused-ring (bicyclic) bond motifs is 1. The number of aryl methyl sites for hydroxylation is 1. The molecule has 10 nitrogen and oxygen atoms in total. The van der Waals surface area contributed by atoms with Gasteiger partial charge in [0, 0.05) is 4.88 Å². The summed E-state index contributed by atoms with van der Waals surface area (Å²) in [7, 11) is 2.78. The molecule has 1 aliphatic rings. The Balaban J connectivity index is 1.37. The van der Waals surface area contributed by atoms with Crippen molar-refractivity contribution < 1.29 is 33.4 Å². The highest BCUT2D eigenvalue weighted by molar-refractivity contribution is 7.17. The van der Waals surface area contributed by atoms with E-state index in [1.54, 1.807) is 48.5 Å². The van der Waals surface area contributed by atoms with Crippen molar-refractivity contribution in [2.75, 3.05) is 19.5 Å². The molecule has 0 atom stereocenters. The number of amides is 2. The third kappa shape index (κ3) is 6.24. The smallest absolute Gasteiger partial charge is 0.343 e. The second-order valence-corrected chi connectivity index (χ2v) is 9.36. The average molecular weight is 536 g/mol. The second-order valence-electron chi connectivity index (χ2n) is 8.25. The molecule has 1 aromatic heterocycles. The fraction of sp³-hybridized carbons (Fsp3) is 0.222. The van der Waals surface area contributed by atoms with E-state index < -0.39 is 23.8 Å². The van der Waals surface area contributed by atoms with Crippen LogP contribution in [0.5, 0.6) is 11.5 Å². The first-order valence-electron chi connectivity index (χ1n) is 11.7. The molecule has 0 radical (unpaired) electrons. The summed E-state index contributed by atoms with van der Waals surface area (Å²) in [5.41, 5.74) is 4.17. The van der Waals surface area contributed by atoms with Gasteiger partial charge < -0.3 is 19.5 Å². The molecule has 1 aliphatic carbocycles. The zero-order valence-corrected chi connectivity index (χ0v) is 21.6. The fourth-order valence-corrected chi connectivity index (χ4v) is 5.19. The predicted molar refractivity (Wildman–Crippen MR) is 141 cm³/mol. The lowest BCUT2D eigenvalue weighted by atomic mass is 9.95. The van der Waals surface area contributed by atoms with Crippen LogP contribution in [0.3, 0.4) is 0 Å². The average Bonchev–Trinajstić information content (AvgIpc) is 3.30. The lowest BCUT2D eigenvalue weighted by molar-refractivity contribution is -0.136. The van der Waals surface area contributed by atoms with Crippen LogP contribution in [0.2, 0.25) is 0 Å². The van der Waals surface area contributed by atoms with Gasteiger partial charge in [0.1, 0.15) is 16.5 Å². The number of carbonyl (C=O) groups excluding carboxylic acids is 4. The number of rotatable bonds is 7. The van der Waals surface area contributed by atoms with Gasteiger partial charge in [0.25, 0.3) is 0 Å². The highest BCUT2D eigenvalue weighted by Crippen LogP contribution is 2.38. The Morgan fingerprint density at radius 3 is 2.47 bits per heavy atom. The van der Waals surface area contributed by atoms with Crippen molar-refractivity contribution in [2.24, 2.45) is 5.10 Å². The Bertz CT molecular complexity index is 1410. The Kier molecular flexibility index (Phi) is 8.49. The molecule has 0 saturated carbocycles. The Morgan fingerprint density at radius 1 is 0.921 bits per heavy atom. The number of carbonyl (C=O) groups is 4. The number of anilines is 1. The number of hydrogen-bond donors (Lipinski definition) is 2. The molecule has 3 aromatic rings. The van der Waals surface area contributed by atoms with E-state index in [-0.39, 0.29) is 5.75 Å². The van der Waals surface area contributed by atoms with Crippen LogP contribution in [0.25, 0.3) is 0 Å². The van der Waals surface area contributed by atoms with Gasteiger partial charge in [-0.1, -0.05) is 18.2 Å². The van der Waals surface area contributed by atoms with Gasteiger partial charge in [-0.05, 0) is 67.1 Å². The summed E-state index contributed by atoms with van der Waals surface area (Å²) in [5, 5.41) is 6.62. The maximum atomic E-state index is 12.5. The van der Waals surface area contributed by atoms with Crippen molar-refractivity contribution in [3.05, 3.63) is 75.7 Å². The van der Waals surface area contributed by atoms with Crippen LogP contribution in [0, 0.1) is 0 Å². The lowest BCUT2D eigenvalue weighted by Crippen LogP contribution is -2.32. The van der Waals surface area contributed by atoms with Gasteiger partial charge >= 0.3 is 23.8 Å². The lowest BCUT2D eigenvalue weighted by Gasteiger charge is -2.11. The molecule has 1 heterocycles. The van der Waals surface area contributed by atoms with E-state index in [9.17, 15) is 19.2 Å². The summed E-state index contributed by atoms with van der Waals surface area (Å²) in [6, 6.07) is 13.0. The molecule has 2 N–H and O–H groups in total. The molecule has 2 aromatic carbocycles. The van der Waals surface area contributed by atoms with E-state index in [0.717, 1.165) is 36.1 Å². The number of benzene rings is 2. The Labute approximate surface area is 222 Å². The minimum absolute atomic E-state index is 0.267. The minimum Gasteiger partial charge on any atom is -0.497 e. The summed E-state index contributed by atoms with van der Waals surface area (Å²) < 4.78 is 15.4. The minimum atomic E-state index is -1.01. The molecule has 11 heteroatoms. The van der Waals surface area contributed by atoms with Crippen LogP contribution >= 0.6 is 11.3 Å².